The molecule has 0 spiro atoms. The van der Waals surface area contributed by atoms with Gasteiger partial charge in [-0.25, -0.2) is 0 Å². The highest BCUT2D eigenvalue weighted by molar-refractivity contribution is 6.12. The fourth-order valence-corrected chi connectivity index (χ4v) is 2.74. The van der Waals surface area contributed by atoms with Crippen molar-refractivity contribution in [2.24, 2.45) is 0 Å². The number of nitro benzene ring substituents is 1. The second kappa shape index (κ2) is 8.35. The molecule has 146 valence electrons. The van der Waals surface area contributed by atoms with Crippen LogP contribution in [0.5, 0.6) is 0 Å². The minimum atomic E-state index is -0.534. The van der Waals surface area contributed by atoms with Gasteiger partial charge in [0.2, 0.25) is 0 Å². The molecule has 0 radical (unpaired) electrons. The molecule has 3 aromatic carbocycles. The normalized spacial score (nSPS) is 10.3. The molecule has 29 heavy (non-hydrogen) atoms. The zero-order chi connectivity index (χ0) is 21.0. The van der Waals surface area contributed by atoms with Crippen LogP contribution >= 0.6 is 0 Å². The predicted octanol–water partition coefficient (Wildman–Crippen LogP) is 4.72. The molecule has 3 rings (SSSR count). The first-order valence-corrected chi connectivity index (χ1v) is 8.88. The molecule has 0 saturated carbocycles. The third kappa shape index (κ3) is 4.65. The lowest BCUT2D eigenvalue weighted by Gasteiger charge is -2.12. The Bertz CT molecular complexity index is 1090. The molecule has 0 fully saturated rings. The molecule has 0 saturated heterocycles. The van der Waals surface area contributed by atoms with Crippen LogP contribution in [0.3, 0.4) is 0 Å². The van der Waals surface area contributed by atoms with Gasteiger partial charge in [-0.3, -0.25) is 19.7 Å². The zero-order valence-corrected chi connectivity index (χ0v) is 15.9. The first kappa shape index (κ1) is 19.8. The fourth-order valence-electron chi connectivity index (χ4n) is 2.74. The number of anilines is 2. The number of benzene rings is 3. The van der Waals surface area contributed by atoms with E-state index in [0.29, 0.717) is 16.9 Å². The van der Waals surface area contributed by atoms with Crippen LogP contribution in [0.4, 0.5) is 17.1 Å². The van der Waals surface area contributed by atoms with Crippen LogP contribution in [0.15, 0.2) is 66.7 Å². The number of hydrogen-bond donors (Lipinski definition) is 2. The van der Waals surface area contributed by atoms with Crippen molar-refractivity contribution < 1.29 is 14.5 Å². The highest BCUT2D eigenvalue weighted by Crippen LogP contribution is 2.20. The molecule has 7 heteroatoms. The van der Waals surface area contributed by atoms with Crippen LogP contribution in [0.1, 0.15) is 31.8 Å². The van der Waals surface area contributed by atoms with Gasteiger partial charge in [0.25, 0.3) is 17.5 Å². The summed E-state index contributed by atoms with van der Waals surface area (Å²) in [7, 11) is 0. The van der Waals surface area contributed by atoms with Gasteiger partial charge in [-0.2, -0.15) is 0 Å². The number of rotatable bonds is 5. The Morgan fingerprint density at radius 2 is 1.52 bits per heavy atom. The average Bonchev–Trinajstić information content (AvgIpc) is 2.71. The Morgan fingerprint density at radius 1 is 0.828 bits per heavy atom. The molecule has 2 amide bonds. The second-order valence-electron chi connectivity index (χ2n) is 6.56. The van der Waals surface area contributed by atoms with Crippen LogP contribution in [0.25, 0.3) is 0 Å². The lowest BCUT2D eigenvalue weighted by atomic mass is 10.1. The molecule has 0 heterocycles. The number of para-hydroxylation sites is 1. The molecule has 0 unspecified atom stereocenters. The van der Waals surface area contributed by atoms with E-state index < -0.39 is 10.8 Å². The standard InChI is InChI=1S/C22H19N3O4/c1-14-7-10-17(13-15(14)2)23-22(27)19-5-3-4-6-20(19)24-21(26)16-8-11-18(12-9-16)25(28)29/h3-13H,1-2H3,(H,23,27)(H,24,26). The van der Waals surface area contributed by atoms with Crippen molar-refractivity contribution >= 4 is 28.9 Å². The van der Waals surface area contributed by atoms with E-state index in [4.69, 9.17) is 0 Å². The van der Waals surface area contributed by atoms with Gasteiger partial charge in [0.05, 0.1) is 16.2 Å². The van der Waals surface area contributed by atoms with E-state index in [1.807, 2.05) is 32.0 Å². The third-order valence-electron chi connectivity index (χ3n) is 4.52. The lowest BCUT2D eigenvalue weighted by Crippen LogP contribution is -2.18. The summed E-state index contributed by atoms with van der Waals surface area (Å²) in [6.45, 7) is 3.95. The van der Waals surface area contributed by atoms with Crippen molar-refractivity contribution in [3.63, 3.8) is 0 Å². The van der Waals surface area contributed by atoms with E-state index in [1.165, 1.54) is 24.3 Å². The smallest absolute Gasteiger partial charge is 0.269 e. The van der Waals surface area contributed by atoms with E-state index in [0.717, 1.165) is 11.1 Å². The van der Waals surface area contributed by atoms with Gasteiger partial charge in [0.1, 0.15) is 0 Å². The number of hydrogen-bond acceptors (Lipinski definition) is 4. The van der Waals surface area contributed by atoms with Crippen LogP contribution in [0.2, 0.25) is 0 Å². The van der Waals surface area contributed by atoms with E-state index in [2.05, 4.69) is 10.6 Å². The van der Waals surface area contributed by atoms with Crippen LogP contribution < -0.4 is 10.6 Å². The summed E-state index contributed by atoms with van der Waals surface area (Å²) in [5.74, 6) is -0.820. The summed E-state index contributed by atoms with van der Waals surface area (Å²) in [5, 5.41) is 16.3. The highest BCUT2D eigenvalue weighted by atomic mass is 16.6. The van der Waals surface area contributed by atoms with E-state index in [9.17, 15) is 19.7 Å². The number of carbonyl (C=O) groups is 2. The maximum atomic E-state index is 12.7. The Kier molecular flexibility index (Phi) is 5.69. The number of aryl methyl sites for hydroxylation is 2. The minimum absolute atomic E-state index is 0.102. The van der Waals surface area contributed by atoms with Gasteiger partial charge in [0, 0.05) is 23.4 Å². The van der Waals surface area contributed by atoms with E-state index in [-0.39, 0.29) is 17.2 Å². The molecular formula is C22H19N3O4. The molecular weight excluding hydrogens is 370 g/mol. The highest BCUT2D eigenvalue weighted by Gasteiger charge is 2.15. The summed E-state index contributed by atoms with van der Waals surface area (Å²) in [6, 6.07) is 17.5. The second-order valence-corrected chi connectivity index (χ2v) is 6.56. The third-order valence-corrected chi connectivity index (χ3v) is 4.52. The van der Waals surface area contributed by atoms with Crippen molar-refractivity contribution in [3.05, 3.63) is 99.1 Å². The maximum absolute atomic E-state index is 12.7. The Morgan fingerprint density at radius 3 is 2.17 bits per heavy atom. The summed E-state index contributed by atoms with van der Waals surface area (Å²) in [4.78, 5) is 35.4. The number of carbonyl (C=O) groups excluding carboxylic acids is 2. The Labute approximate surface area is 167 Å². The molecule has 0 aliphatic heterocycles. The fraction of sp³-hybridized carbons (Fsp3) is 0.0909. The van der Waals surface area contributed by atoms with Gasteiger partial charge >= 0.3 is 0 Å². The largest absolute Gasteiger partial charge is 0.322 e. The first-order valence-electron chi connectivity index (χ1n) is 8.88. The predicted molar refractivity (Wildman–Crippen MR) is 111 cm³/mol. The van der Waals surface area contributed by atoms with Crippen molar-refractivity contribution in [1.82, 2.24) is 0 Å². The quantitative estimate of drug-likeness (QED) is 0.487. The monoisotopic (exact) mass is 389 g/mol. The molecule has 7 nitrogen and oxygen atoms in total. The summed E-state index contributed by atoms with van der Waals surface area (Å²) in [5.41, 5.74) is 3.64. The van der Waals surface area contributed by atoms with E-state index in [1.54, 1.807) is 24.3 Å². The van der Waals surface area contributed by atoms with Crippen LogP contribution in [0, 0.1) is 24.0 Å². The van der Waals surface area contributed by atoms with Crippen molar-refractivity contribution in [2.75, 3.05) is 10.6 Å². The van der Waals surface area contributed by atoms with E-state index >= 15 is 0 Å². The summed E-state index contributed by atoms with van der Waals surface area (Å²) >= 11 is 0. The molecule has 0 aliphatic carbocycles. The van der Waals surface area contributed by atoms with Crippen molar-refractivity contribution in [2.45, 2.75) is 13.8 Å². The lowest BCUT2D eigenvalue weighted by molar-refractivity contribution is -0.384. The maximum Gasteiger partial charge on any atom is 0.269 e. The van der Waals surface area contributed by atoms with Gasteiger partial charge in [-0.15, -0.1) is 0 Å². The number of non-ortho nitro benzene ring substituents is 1. The zero-order valence-electron chi connectivity index (χ0n) is 15.9. The Balaban J connectivity index is 1.79. The number of nitro groups is 1. The number of amides is 2. The van der Waals surface area contributed by atoms with Gasteiger partial charge in [0.15, 0.2) is 0 Å². The van der Waals surface area contributed by atoms with Gasteiger partial charge in [-0.05, 0) is 61.4 Å². The molecule has 0 atom stereocenters. The number of nitrogens with one attached hydrogen (secondary N) is 2. The van der Waals surface area contributed by atoms with Crippen LogP contribution in [-0.4, -0.2) is 16.7 Å². The molecule has 0 aromatic heterocycles. The molecule has 3 aromatic rings. The average molecular weight is 389 g/mol. The molecule has 2 N–H and O–H groups in total. The Hall–Kier alpha value is -4.00. The summed E-state index contributed by atoms with van der Waals surface area (Å²) < 4.78 is 0. The van der Waals surface area contributed by atoms with Gasteiger partial charge in [-0.1, -0.05) is 18.2 Å². The van der Waals surface area contributed by atoms with Crippen molar-refractivity contribution in [3.8, 4) is 0 Å². The summed E-state index contributed by atoms with van der Waals surface area (Å²) in [6.07, 6.45) is 0. The van der Waals surface area contributed by atoms with Gasteiger partial charge < -0.3 is 10.6 Å². The SMILES string of the molecule is Cc1ccc(NC(=O)c2ccccc2NC(=O)c2ccc([N+](=O)[O-])cc2)cc1C. The van der Waals surface area contributed by atoms with Crippen LogP contribution in [-0.2, 0) is 0 Å². The minimum Gasteiger partial charge on any atom is -0.322 e. The first-order chi connectivity index (χ1) is 13.8. The topological polar surface area (TPSA) is 101 Å². The number of nitrogens with zero attached hydrogens (tertiary/aromatic N) is 1. The molecule has 0 bridgehead atoms. The van der Waals surface area contributed by atoms with Crippen molar-refractivity contribution in [1.29, 1.82) is 0 Å². The molecule has 0 aliphatic rings.